The molecule has 0 saturated heterocycles. The first-order chi connectivity index (χ1) is 4.75. The number of hydrogen-bond acceptors (Lipinski definition) is 3. The average Bonchev–Trinajstić information content (AvgIpc) is 1.95. The van der Waals surface area contributed by atoms with Gasteiger partial charge in [-0.25, -0.2) is 4.98 Å². The van der Waals surface area contributed by atoms with E-state index in [2.05, 4.69) is 4.98 Å². The van der Waals surface area contributed by atoms with Crippen LogP contribution in [0.2, 0.25) is 0 Å². The van der Waals surface area contributed by atoms with E-state index < -0.39 is 0 Å². The van der Waals surface area contributed by atoms with E-state index in [1.807, 2.05) is 6.26 Å². The first kappa shape index (κ1) is 7.34. The van der Waals surface area contributed by atoms with Crippen molar-refractivity contribution in [2.24, 2.45) is 7.05 Å². The molecular formula is C6H8N2OS. The Morgan fingerprint density at radius 3 is 2.90 bits per heavy atom. The summed E-state index contributed by atoms with van der Waals surface area (Å²) < 4.78 is 1.52. The van der Waals surface area contributed by atoms with Gasteiger partial charge in [-0.1, -0.05) is 11.8 Å². The first-order valence-corrected chi connectivity index (χ1v) is 4.04. The van der Waals surface area contributed by atoms with Crippen molar-refractivity contribution in [2.75, 3.05) is 6.26 Å². The van der Waals surface area contributed by atoms with Gasteiger partial charge in [0.1, 0.15) is 0 Å². The molecule has 0 atom stereocenters. The van der Waals surface area contributed by atoms with E-state index in [0.717, 1.165) is 5.16 Å². The lowest BCUT2D eigenvalue weighted by Gasteiger charge is -2.00. The molecule has 0 fully saturated rings. The second kappa shape index (κ2) is 2.88. The summed E-state index contributed by atoms with van der Waals surface area (Å²) in [5, 5.41) is 0.743. The highest BCUT2D eigenvalue weighted by molar-refractivity contribution is 7.98. The molecule has 0 spiro atoms. The molecule has 1 heterocycles. The van der Waals surface area contributed by atoms with E-state index in [4.69, 9.17) is 0 Å². The van der Waals surface area contributed by atoms with Crippen molar-refractivity contribution < 1.29 is 0 Å². The Hall–Kier alpha value is -0.770. The average molecular weight is 156 g/mol. The summed E-state index contributed by atoms with van der Waals surface area (Å²) in [5.41, 5.74) is -0.0145. The standard InChI is InChI=1S/C6H8N2OS/c1-8-5(9)3-4-7-6(8)10-2/h3-4H,1-2H3. The molecule has 0 aliphatic carbocycles. The van der Waals surface area contributed by atoms with E-state index in [0.29, 0.717) is 0 Å². The van der Waals surface area contributed by atoms with Crippen LogP contribution in [0.4, 0.5) is 0 Å². The van der Waals surface area contributed by atoms with Gasteiger partial charge in [0.15, 0.2) is 5.16 Å². The molecule has 0 saturated carbocycles. The lowest BCUT2D eigenvalue weighted by atomic mass is 10.6. The maximum absolute atomic E-state index is 10.9. The molecule has 0 radical (unpaired) electrons. The summed E-state index contributed by atoms with van der Waals surface area (Å²) in [6, 6.07) is 1.44. The van der Waals surface area contributed by atoms with Gasteiger partial charge in [-0.15, -0.1) is 0 Å². The van der Waals surface area contributed by atoms with Crippen LogP contribution >= 0.6 is 11.8 Å². The van der Waals surface area contributed by atoms with Crippen LogP contribution in [0.15, 0.2) is 22.2 Å². The fourth-order valence-electron chi connectivity index (χ4n) is 0.647. The summed E-state index contributed by atoms with van der Waals surface area (Å²) in [6.07, 6.45) is 3.41. The van der Waals surface area contributed by atoms with Gasteiger partial charge in [0.25, 0.3) is 5.56 Å². The largest absolute Gasteiger partial charge is 0.291 e. The zero-order chi connectivity index (χ0) is 7.56. The van der Waals surface area contributed by atoms with Gasteiger partial charge in [0, 0.05) is 19.3 Å². The Balaban J connectivity index is 3.28. The number of rotatable bonds is 1. The van der Waals surface area contributed by atoms with E-state index in [-0.39, 0.29) is 5.56 Å². The van der Waals surface area contributed by atoms with Gasteiger partial charge >= 0.3 is 0 Å². The van der Waals surface area contributed by atoms with Crippen LogP contribution in [0.1, 0.15) is 0 Å². The summed E-state index contributed by atoms with van der Waals surface area (Å²) in [4.78, 5) is 14.9. The minimum Gasteiger partial charge on any atom is -0.291 e. The molecule has 1 rings (SSSR count). The van der Waals surface area contributed by atoms with Crippen molar-refractivity contribution in [2.45, 2.75) is 5.16 Å². The zero-order valence-electron chi connectivity index (χ0n) is 5.87. The fraction of sp³-hybridized carbons (Fsp3) is 0.333. The van der Waals surface area contributed by atoms with E-state index in [9.17, 15) is 4.79 Å². The van der Waals surface area contributed by atoms with Gasteiger partial charge in [-0.05, 0) is 6.26 Å². The van der Waals surface area contributed by atoms with Gasteiger partial charge in [0.05, 0.1) is 0 Å². The Kier molecular flexibility index (Phi) is 2.11. The maximum Gasteiger partial charge on any atom is 0.253 e. The molecule has 0 amide bonds. The first-order valence-electron chi connectivity index (χ1n) is 2.81. The van der Waals surface area contributed by atoms with Crippen molar-refractivity contribution in [1.29, 1.82) is 0 Å². The van der Waals surface area contributed by atoms with Crippen LogP contribution in [-0.2, 0) is 7.05 Å². The zero-order valence-corrected chi connectivity index (χ0v) is 6.68. The van der Waals surface area contributed by atoms with Crippen molar-refractivity contribution in [3.05, 3.63) is 22.6 Å². The third-order valence-corrected chi connectivity index (χ3v) is 1.95. The fourth-order valence-corrected chi connectivity index (χ4v) is 1.18. The monoisotopic (exact) mass is 156 g/mol. The number of thioether (sulfide) groups is 1. The summed E-state index contributed by atoms with van der Waals surface area (Å²) in [5.74, 6) is 0. The highest BCUT2D eigenvalue weighted by atomic mass is 32.2. The quantitative estimate of drug-likeness (QED) is 0.439. The minimum absolute atomic E-state index is 0.0145. The van der Waals surface area contributed by atoms with Crippen LogP contribution in [-0.4, -0.2) is 15.8 Å². The molecular weight excluding hydrogens is 148 g/mol. The molecule has 54 valence electrons. The Labute approximate surface area is 63.1 Å². The lowest BCUT2D eigenvalue weighted by molar-refractivity contribution is 0.709. The highest BCUT2D eigenvalue weighted by Gasteiger charge is 1.95. The molecule has 0 unspecified atom stereocenters. The van der Waals surface area contributed by atoms with E-state index in [1.54, 1.807) is 7.05 Å². The minimum atomic E-state index is -0.0145. The Bertz CT molecular complexity index is 281. The predicted octanol–water partition coefficient (Wildman–Crippen LogP) is 0.502. The molecule has 0 aromatic carbocycles. The Morgan fingerprint density at radius 1 is 1.70 bits per heavy atom. The Morgan fingerprint density at radius 2 is 2.40 bits per heavy atom. The molecule has 10 heavy (non-hydrogen) atoms. The summed E-state index contributed by atoms with van der Waals surface area (Å²) in [6.45, 7) is 0. The topological polar surface area (TPSA) is 34.9 Å². The molecule has 1 aromatic rings. The number of aromatic nitrogens is 2. The van der Waals surface area contributed by atoms with Crippen LogP contribution in [0.5, 0.6) is 0 Å². The maximum atomic E-state index is 10.9. The van der Waals surface area contributed by atoms with Crippen LogP contribution in [0.3, 0.4) is 0 Å². The van der Waals surface area contributed by atoms with Crippen LogP contribution in [0, 0.1) is 0 Å². The van der Waals surface area contributed by atoms with Gasteiger partial charge < -0.3 is 0 Å². The molecule has 0 N–H and O–H groups in total. The van der Waals surface area contributed by atoms with Crippen molar-refractivity contribution in [1.82, 2.24) is 9.55 Å². The van der Waals surface area contributed by atoms with Crippen LogP contribution in [0.25, 0.3) is 0 Å². The van der Waals surface area contributed by atoms with Gasteiger partial charge in [-0.2, -0.15) is 0 Å². The molecule has 0 aliphatic rings. The van der Waals surface area contributed by atoms with Crippen LogP contribution < -0.4 is 5.56 Å². The summed E-state index contributed by atoms with van der Waals surface area (Å²) in [7, 11) is 1.71. The molecule has 1 aromatic heterocycles. The molecule has 3 nitrogen and oxygen atoms in total. The lowest BCUT2D eigenvalue weighted by Crippen LogP contribution is -2.17. The molecule has 0 bridgehead atoms. The van der Waals surface area contributed by atoms with Gasteiger partial charge in [-0.3, -0.25) is 9.36 Å². The highest BCUT2D eigenvalue weighted by Crippen LogP contribution is 2.05. The third kappa shape index (κ3) is 1.21. The van der Waals surface area contributed by atoms with E-state index >= 15 is 0 Å². The van der Waals surface area contributed by atoms with Gasteiger partial charge in [0.2, 0.25) is 0 Å². The van der Waals surface area contributed by atoms with Crippen molar-refractivity contribution in [3.63, 3.8) is 0 Å². The SMILES string of the molecule is CSc1nccc(=O)n1C. The predicted molar refractivity (Wildman–Crippen MR) is 41.3 cm³/mol. The molecule has 0 aliphatic heterocycles. The van der Waals surface area contributed by atoms with Crippen molar-refractivity contribution in [3.8, 4) is 0 Å². The summed E-state index contributed by atoms with van der Waals surface area (Å²) >= 11 is 1.46. The molecule has 4 heteroatoms. The van der Waals surface area contributed by atoms with E-state index in [1.165, 1.54) is 28.6 Å². The second-order valence-corrected chi connectivity index (χ2v) is 2.60. The third-order valence-electron chi connectivity index (χ3n) is 1.20. The normalized spacial score (nSPS) is 9.80. The van der Waals surface area contributed by atoms with Crippen molar-refractivity contribution >= 4 is 11.8 Å². The number of hydrogen-bond donors (Lipinski definition) is 0. The number of nitrogens with zero attached hydrogens (tertiary/aromatic N) is 2. The second-order valence-electron chi connectivity index (χ2n) is 1.83. The smallest absolute Gasteiger partial charge is 0.253 e.